The fourth-order valence-corrected chi connectivity index (χ4v) is 2.75. The summed E-state index contributed by atoms with van der Waals surface area (Å²) in [6.45, 7) is 4.01. The molecule has 3 N–H and O–H groups in total. The summed E-state index contributed by atoms with van der Waals surface area (Å²) in [5, 5.41) is 11.1. The normalized spacial score (nSPS) is 14.8. The molecule has 0 bridgehead atoms. The van der Waals surface area contributed by atoms with Crippen molar-refractivity contribution >= 4 is 11.6 Å². The largest absolute Gasteiger partial charge is 0.324 e. The predicted molar refractivity (Wildman–Crippen MR) is 89.9 cm³/mol. The summed E-state index contributed by atoms with van der Waals surface area (Å²) in [5.41, 5.74) is 5.60. The number of amides is 1. The van der Waals surface area contributed by atoms with Crippen molar-refractivity contribution in [3.8, 4) is 11.4 Å². The molecule has 1 aromatic carbocycles. The number of nitrogens with two attached hydrogens (primary N) is 1. The Morgan fingerprint density at radius 1 is 1.29 bits per heavy atom. The van der Waals surface area contributed by atoms with E-state index in [1.54, 1.807) is 19.9 Å². The zero-order valence-corrected chi connectivity index (χ0v) is 14.0. The number of carbonyl (C=O) groups is 1. The number of rotatable bonds is 3. The van der Waals surface area contributed by atoms with Crippen molar-refractivity contribution in [2.45, 2.75) is 51.6 Å². The van der Waals surface area contributed by atoms with E-state index in [2.05, 4.69) is 15.5 Å². The molecule has 6 nitrogen and oxygen atoms in total. The molecule has 7 heteroatoms. The van der Waals surface area contributed by atoms with E-state index in [1.165, 1.54) is 12.1 Å². The standard InChI is InChI=1S/C17H22FN5O/c1-17(2,19)16(24)20-11-7-8-13(18)12(10-11)15-22-21-14-6-4-3-5-9-23(14)15/h7-8,10H,3-6,9,19H2,1-2H3,(H,20,24). The van der Waals surface area contributed by atoms with Crippen molar-refractivity contribution in [2.75, 3.05) is 5.32 Å². The first-order valence-electron chi connectivity index (χ1n) is 8.18. The number of aryl methyl sites for hydroxylation is 1. The quantitative estimate of drug-likeness (QED) is 0.905. The van der Waals surface area contributed by atoms with Crippen LogP contribution in [0.25, 0.3) is 11.4 Å². The molecule has 0 saturated carbocycles. The number of carbonyl (C=O) groups excluding carboxylic acids is 1. The highest BCUT2D eigenvalue weighted by Gasteiger charge is 2.23. The molecule has 2 aromatic rings. The first kappa shape index (κ1) is 16.6. The maximum Gasteiger partial charge on any atom is 0.243 e. The van der Waals surface area contributed by atoms with Crippen molar-refractivity contribution in [1.82, 2.24) is 14.8 Å². The fraction of sp³-hybridized carbons (Fsp3) is 0.471. The second-order valence-electron chi connectivity index (χ2n) is 6.77. The zero-order chi connectivity index (χ0) is 17.3. The lowest BCUT2D eigenvalue weighted by Gasteiger charge is -2.18. The van der Waals surface area contributed by atoms with Crippen molar-refractivity contribution in [2.24, 2.45) is 5.73 Å². The summed E-state index contributed by atoms with van der Waals surface area (Å²) in [7, 11) is 0. The summed E-state index contributed by atoms with van der Waals surface area (Å²) in [4.78, 5) is 12.0. The molecule has 1 aliphatic heterocycles. The summed E-state index contributed by atoms with van der Waals surface area (Å²) >= 11 is 0. The number of benzene rings is 1. The monoisotopic (exact) mass is 331 g/mol. The average Bonchev–Trinajstić information content (AvgIpc) is 2.76. The van der Waals surface area contributed by atoms with Crippen LogP contribution >= 0.6 is 0 Å². The maximum absolute atomic E-state index is 14.4. The van der Waals surface area contributed by atoms with Gasteiger partial charge in [-0.3, -0.25) is 4.79 Å². The van der Waals surface area contributed by atoms with Gasteiger partial charge in [0.1, 0.15) is 11.6 Å². The number of hydrogen-bond donors (Lipinski definition) is 2. The highest BCUT2D eigenvalue weighted by Crippen LogP contribution is 2.27. The molecule has 0 spiro atoms. The lowest BCUT2D eigenvalue weighted by molar-refractivity contribution is -0.120. The third kappa shape index (κ3) is 3.31. The van der Waals surface area contributed by atoms with E-state index < -0.39 is 5.54 Å². The molecular weight excluding hydrogens is 309 g/mol. The van der Waals surface area contributed by atoms with Crippen molar-refractivity contribution < 1.29 is 9.18 Å². The predicted octanol–water partition coefficient (Wildman–Crippen LogP) is 2.49. The van der Waals surface area contributed by atoms with Crippen LogP contribution in [0.5, 0.6) is 0 Å². The molecular formula is C17H22FN5O. The lowest BCUT2D eigenvalue weighted by atomic mass is 10.1. The second-order valence-corrected chi connectivity index (χ2v) is 6.77. The van der Waals surface area contributed by atoms with E-state index in [0.29, 0.717) is 17.1 Å². The van der Waals surface area contributed by atoms with Gasteiger partial charge in [-0.25, -0.2) is 4.39 Å². The molecule has 0 saturated heterocycles. The summed E-state index contributed by atoms with van der Waals surface area (Å²) < 4.78 is 16.3. The van der Waals surface area contributed by atoms with Crippen LogP contribution in [0.4, 0.5) is 10.1 Å². The van der Waals surface area contributed by atoms with Gasteiger partial charge in [-0.1, -0.05) is 6.42 Å². The Labute approximate surface area is 140 Å². The van der Waals surface area contributed by atoms with Crippen LogP contribution in [0.3, 0.4) is 0 Å². The molecule has 0 radical (unpaired) electrons. The number of nitrogens with one attached hydrogen (secondary N) is 1. The number of hydrogen-bond acceptors (Lipinski definition) is 4. The summed E-state index contributed by atoms with van der Waals surface area (Å²) in [5.74, 6) is 0.673. The van der Waals surface area contributed by atoms with Crippen LogP contribution in [0.1, 0.15) is 38.9 Å². The van der Waals surface area contributed by atoms with E-state index >= 15 is 0 Å². The van der Waals surface area contributed by atoms with Gasteiger partial charge in [-0.15, -0.1) is 10.2 Å². The van der Waals surface area contributed by atoms with Gasteiger partial charge in [-0.2, -0.15) is 0 Å². The molecule has 2 heterocycles. The highest BCUT2D eigenvalue weighted by atomic mass is 19.1. The minimum Gasteiger partial charge on any atom is -0.324 e. The third-order valence-corrected chi connectivity index (χ3v) is 4.16. The Kier molecular flexibility index (Phi) is 4.36. The maximum atomic E-state index is 14.4. The van der Waals surface area contributed by atoms with E-state index in [1.807, 2.05) is 4.57 Å². The Balaban J connectivity index is 1.96. The van der Waals surface area contributed by atoms with Gasteiger partial charge in [0.15, 0.2) is 5.82 Å². The van der Waals surface area contributed by atoms with Gasteiger partial charge in [-0.05, 0) is 44.9 Å². The van der Waals surface area contributed by atoms with Crippen LogP contribution in [0, 0.1) is 5.82 Å². The topological polar surface area (TPSA) is 85.8 Å². The van der Waals surface area contributed by atoms with Gasteiger partial charge in [0, 0.05) is 18.7 Å². The first-order chi connectivity index (χ1) is 11.4. The number of anilines is 1. The molecule has 0 atom stereocenters. The Morgan fingerprint density at radius 3 is 2.83 bits per heavy atom. The van der Waals surface area contributed by atoms with Gasteiger partial charge in [0.05, 0.1) is 11.1 Å². The van der Waals surface area contributed by atoms with E-state index in [-0.39, 0.29) is 11.7 Å². The molecule has 1 aromatic heterocycles. The second kappa shape index (κ2) is 6.32. The zero-order valence-electron chi connectivity index (χ0n) is 14.0. The molecule has 1 amide bonds. The van der Waals surface area contributed by atoms with Crippen LogP contribution in [0.15, 0.2) is 18.2 Å². The Morgan fingerprint density at radius 2 is 2.08 bits per heavy atom. The van der Waals surface area contributed by atoms with Gasteiger partial charge in [0.2, 0.25) is 5.91 Å². The van der Waals surface area contributed by atoms with Gasteiger partial charge in [0.25, 0.3) is 0 Å². The number of nitrogens with zero attached hydrogens (tertiary/aromatic N) is 3. The number of halogens is 1. The molecule has 1 aliphatic rings. The number of fused-ring (bicyclic) bond motifs is 1. The van der Waals surface area contributed by atoms with Gasteiger partial charge < -0.3 is 15.6 Å². The average molecular weight is 331 g/mol. The number of aromatic nitrogens is 3. The SMILES string of the molecule is CC(C)(N)C(=O)Nc1ccc(F)c(-c2nnc3n2CCCCC3)c1. The minimum atomic E-state index is -1.01. The van der Waals surface area contributed by atoms with Crippen LogP contribution < -0.4 is 11.1 Å². The molecule has 0 aliphatic carbocycles. The van der Waals surface area contributed by atoms with E-state index in [0.717, 1.165) is 38.1 Å². The molecule has 3 rings (SSSR count). The molecule has 128 valence electrons. The molecule has 24 heavy (non-hydrogen) atoms. The minimum absolute atomic E-state index is 0.333. The first-order valence-corrected chi connectivity index (χ1v) is 8.18. The smallest absolute Gasteiger partial charge is 0.243 e. The highest BCUT2D eigenvalue weighted by molar-refractivity contribution is 5.97. The van der Waals surface area contributed by atoms with Crippen LogP contribution in [0.2, 0.25) is 0 Å². The van der Waals surface area contributed by atoms with Crippen molar-refractivity contribution in [3.05, 3.63) is 29.8 Å². The Bertz CT molecular complexity index is 763. The fourth-order valence-electron chi connectivity index (χ4n) is 2.75. The van der Waals surface area contributed by atoms with Crippen LogP contribution in [-0.4, -0.2) is 26.2 Å². The van der Waals surface area contributed by atoms with Crippen molar-refractivity contribution in [1.29, 1.82) is 0 Å². The third-order valence-electron chi connectivity index (χ3n) is 4.16. The lowest BCUT2D eigenvalue weighted by Crippen LogP contribution is -2.45. The van der Waals surface area contributed by atoms with Gasteiger partial charge >= 0.3 is 0 Å². The van der Waals surface area contributed by atoms with E-state index in [9.17, 15) is 9.18 Å². The van der Waals surface area contributed by atoms with Crippen molar-refractivity contribution in [3.63, 3.8) is 0 Å². The summed E-state index contributed by atoms with van der Waals surface area (Å²) in [6, 6.07) is 4.43. The molecule has 0 fully saturated rings. The Hall–Kier alpha value is -2.28. The summed E-state index contributed by atoms with van der Waals surface area (Å²) in [6.07, 6.45) is 4.08. The molecule has 0 unspecified atom stereocenters. The van der Waals surface area contributed by atoms with E-state index in [4.69, 9.17) is 5.73 Å². The van der Waals surface area contributed by atoms with Crippen LogP contribution in [-0.2, 0) is 17.8 Å².